The number of hydrogen-bond donors (Lipinski definition) is 0. The molecule has 1 atom stereocenters. The maximum atomic E-state index is 12.6. The number of amides is 2. The van der Waals surface area contributed by atoms with Crippen molar-refractivity contribution in [1.29, 1.82) is 0 Å². The number of allylic oxidation sites excluding steroid dienone is 1. The number of likely N-dealkylation sites (tertiary alicyclic amines) is 1. The van der Waals surface area contributed by atoms with Gasteiger partial charge in [0.15, 0.2) is 0 Å². The molecule has 4 aliphatic rings. The van der Waals surface area contributed by atoms with Crippen LogP contribution < -0.4 is 14.5 Å². The predicted molar refractivity (Wildman–Crippen MR) is 181 cm³/mol. The number of carbonyl (C=O) groups is 2. The summed E-state index contributed by atoms with van der Waals surface area (Å²) in [5.74, 6) is 1.25. The van der Waals surface area contributed by atoms with Crippen LogP contribution in [0.3, 0.4) is 0 Å². The normalized spacial score (nSPS) is 20.0. The van der Waals surface area contributed by atoms with Crippen LogP contribution in [0.4, 0.5) is 25.4 Å². The molecule has 47 heavy (non-hydrogen) atoms. The van der Waals surface area contributed by atoms with Crippen molar-refractivity contribution in [3.05, 3.63) is 87.9 Å². The molecule has 2 amide bonds. The van der Waals surface area contributed by atoms with Gasteiger partial charge in [0.25, 0.3) is 0 Å². The molecule has 0 saturated carbocycles. The first kappa shape index (κ1) is 31.5. The zero-order chi connectivity index (χ0) is 32.3. The van der Waals surface area contributed by atoms with Gasteiger partial charge in [-0.15, -0.1) is 0 Å². The average molecular weight is 660 g/mol. The lowest BCUT2D eigenvalue weighted by atomic mass is 9.87. The van der Waals surface area contributed by atoms with E-state index in [-0.39, 0.29) is 18.9 Å². The first-order valence-electron chi connectivity index (χ1n) is 16.5. The average Bonchev–Trinajstić information content (AvgIpc) is 3.82. The maximum absolute atomic E-state index is 12.6. The number of nitrogens with zero attached hydrogens (tertiary/aromatic N) is 3. The van der Waals surface area contributed by atoms with Crippen molar-refractivity contribution in [2.24, 2.45) is 5.92 Å². The Morgan fingerprint density at radius 3 is 2.21 bits per heavy atom. The first-order valence-corrected chi connectivity index (χ1v) is 16.9. The topological polar surface area (TPSA) is 71.6 Å². The number of hydrogen-bond acceptors (Lipinski definition) is 6. The summed E-state index contributed by atoms with van der Waals surface area (Å²) in [6.45, 7) is 4.90. The van der Waals surface area contributed by atoms with E-state index in [0.717, 1.165) is 84.6 Å². The van der Waals surface area contributed by atoms with Gasteiger partial charge in [0, 0.05) is 30.4 Å². The molecule has 0 bridgehead atoms. The van der Waals surface area contributed by atoms with Crippen molar-refractivity contribution in [1.82, 2.24) is 4.90 Å². The minimum atomic E-state index is -0.362. The van der Waals surface area contributed by atoms with Crippen LogP contribution in [0.15, 0.2) is 60.7 Å². The third kappa shape index (κ3) is 6.69. The summed E-state index contributed by atoms with van der Waals surface area (Å²) in [5, 5.41) is 0.576. The largest absolute Gasteiger partial charge is 0.493 e. The Morgan fingerprint density at radius 2 is 1.55 bits per heavy atom. The minimum absolute atomic E-state index is 0.270. The lowest BCUT2D eigenvalue weighted by Gasteiger charge is -2.21. The molecule has 3 heterocycles. The van der Waals surface area contributed by atoms with Gasteiger partial charge in [-0.1, -0.05) is 35.9 Å². The van der Waals surface area contributed by atoms with Gasteiger partial charge < -0.3 is 19.1 Å². The maximum Gasteiger partial charge on any atom is 0.414 e. The molecule has 0 aromatic heterocycles. The highest BCUT2D eigenvalue weighted by Crippen LogP contribution is 2.44. The van der Waals surface area contributed by atoms with Crippen LogP contribution >= 0.6 is 11.6 Å². The fourth-order valence-corrected chi connectivity index (χ4v) is 7.47. The molecule has 10 heteroatoms. The summed E-state index contributed by atoms with van der Waals surface area (Å²) >= 11 is 7.00. The predicted octanol–water partition coefficient (Wildman–Crippen LogP) is 7.61. The van der Waals surface area contributed by atoms with E-state index < -0.39 is 0 Å². The SMILES string of the molecule is O=C1OCCN1c1ccc(C2=C(c3ccc(OCC4CCN(CCCF)C4)cc3)c3ccc(N4CCOC4=O)cc3CCC2)c(Cl)c1. The lowest BCUT2D eigenvalue weighted by Crippen LogP contribution is -2.23. The Bertz CT molecular complexity index is 1680. The van der Waals surface area contributed by atoms with Gasteiger partial charge >= 0.3 is 12.2 Å². The molecule has 3 fully saturated rings. The highest BCUT2D eigenvalue weighted by molar-refractivity contribution is 6.33. The van der Waals surface area contributed by atoms with Crippen LogP contribution in [0.25, 0.3) is 11.1 Å². The third-order valence-electron chi connectivity index (χ3n) is 9.56. The van der Waals surface area contributed by atoms with E-state index in [1.807, 2.05) is 36.4 Å². The van der Waals surface area contributed by atoms with E-state index in [4.69, 9.17) is 25.8 Å². The molecule has 3 aromatic rings. The number of rotatable bonds is 10. The summed E-state index contributed by atoms with van der Waals surface area (Å²) in [4.78, 5) is 30.2. The first-order chi connectivity index (χ1) is 23.0. The molecule has 0 N–H and O–H groups in total. The van der Waals surface area contributed by atoms with E-state index in [1.165, 1.54) is 5.56 Å². The van der Waals surface area contributed by atoms with Crippen LogP contribution in [0.5, 0.6) is 5.75 Å². The number of anilines is 2. The van der Waals surface area contributed by atoms with Gasteiger partial charge in [0.05, 0.1) is 31.4 Å². The van der Waals surface area contributed by atoms with Gasteiger partial charge in [0.2, 0.25) is 0 Å². The Balaban J connectivity index is 1.21. The number of alkyl halides is 1. The van der Waals surface area contributed by atoms with Crippen molar-refractivity contribution in [3.8, 4) is 5.75 Å². The second-order valence-electron chi connectivity index (χ2n) is 12.6. The van der Waals surface area contributed by atoms with Crippen molar-refractivity contribution >= 4 is 46.3 Å². The summed E-state index contributed by atoms with van der Waals surface area (Å²) in [5.41, 5.74) is 8.02. The van der Waals surface area contributed by atoms with Gasteiger partial charge in [-0.05, 0) is 108 Å². The van der Waals surface area contributed by atoms with Gasteiger partial charge in [0.1, 0.15) is 19.0 Å². The van der Waals surface area contributed by atoms with E-state index in [2.05, 4.69) is 29.2 Å². The number of ether oxygens (including phenoxy) is 3. The van der Waals surface area contributed by atoms with Crippen molar-refractivity contribution < 1.29 is 28.2 Å². The second kappa shape index (κ2) is 14.0. The van der Waals surface area contributed by atoms with E-state index in [1.54, 1.807) is 9.80 Å². The van der Waals surface area contributed by atoms with Gasteiger partial charge in [-0.25, -0.2) is 9.59 Å². The molecule has 0 radical (unpaired) electrons. The number of aryl methyl sites for hydroxylation is 1. The Labute approximate surface area is 279 Å². The Morgan fingerprint density at radius 1 is 0.851 bits per heavy atom. The molecule has 1 unspecified atom stereocenters. The van der Waals surface area contributed by atoms with Crippen molar-refractivity contribution in [3.63, 3.8) is 0 Å². The molecule has 3 saturated heterocycles. The molecular formula is C37H39ClFN3O5. The van der Waals surface area contributed by atoms with Crippen molar-refractivity contribution in [2.45, 2.75) is 32.1 Å². The fourth-order valence-electron chi connectivity index (χ4n) is 7.18. The lowest BCUT2D eigenvalue weighted by molar-refractivity contribution is 0.180. The van der Waals surface area contributed by atoms with Crippen LogP contribution in [0.2, 0.25) is 5.02 Å². The summed E-state index contributed by atoms with van der Waals surface area (Å²) in [6, 6.07) is 20.3. The molecule has 7 rings (SSSR count). The van der Waals surface area contributed by atoms with Gasteiger partial charge in [-0.3, -0.25) is 14.2 Å². The Kier molecular flexibility index (Phi) is 9.36. The molecular weight excluding hydrogens is 621 g/mol. The van der Waals surface area contributed by atoms with Crippen molar-refractivity contribution in [2.75, 3.05) is 69.0 Å². The highest BCUT2D eigenvalue weighted by atomic mass is 35.5. The van der Waals surface area contributed by atoms with Crippen LogP contribution in [0, 0.1) is 5.92 Å². The quantitative estimate of drug-likeness (QED) is 0.223. The smallest absolute Gasteiger partial charge is 0.414 e. The number of cyclic esters (lactones) is 2. The molecule has 1 aliphatic carbocycles. The van der Waals surface area contributed by atoms with Gasteiger partial charge in [-0.2, -0.15) is 0 Å². The van der Waals surface area contributed by atoms with E-state index >= 15 is 0 Å². The minimum Gasteiger partial charge on any atom is -0.493 e. The fraction of sp³-hybridized carbons (Fsp3) is 0.405. The summed E-state index contributed by atoms with van der Waals surface area (Å²) in [7, 11) is 0. The van der Waals surface area contributed by atoms with Crippen LogP contribution in [-0.4, -0.2) is 76.3 Å². The van der Waals surface area contributed by atoms with E-state index in [9.17, 15) is 14.0 Å². The van der Waals surface area contributed by atoms with Crippen LogP contribution in [-0.2, 0) is 15.9 Å². The number of carbonyl (C=O) groups excluding carboxylic acids is 2. The Hall–Kier alpha value is -4.08. The molecule has 246 valence electrons. The molecule has 3 aliphatic heterocycles. The molecule has 0 spiro atoms. The number of benzene rings is 3. The number of halogens is 2. The van der Waals surface area contributed by atoms with Crippen LogP contribution in [0.1, 0.15) is 47.9 Å². The monoisotopic (exact) mass is 659 g/mol. The zero-order valence-corrected chi connectivity index (χ0v) is 27.1. The molecule has 8 nitrogen and oxygen atoms in total. The summed E-state index contributed by atoms with van der Waals surface area (Å²) in [6.07, 6.45) is 3.52. The highest BCUT2D eigenvalue weighted by Gasteiger charge is 2.28. The molecule has 3 aromatic carbocycles. The second-order valence-corrected chi connectivity index (χ2v) is 13.0. The zero-order valence-electron chi connectivity index (χ0n) is 26.4. The summed E-state index contributed by atoms with van der Waals surface area (Å²) < 4.78 is 29.2. The standard InChI is InChI=1S/C37H39ClFN3O5/c38-34-22-29(42-18-20-46-37(42)44)8-12-32(34)33-4-1-3-27-21-28(41-17-19-45-36(41)43)7-11-31(27)35(33)26-5-9-30(10-6-26)47-24-25-13-16-40(23-25)15-2-14-39/h5-12,21-22,25H,1-4,13-20,23-24H2. The van der Waals surface area contributed by atoms with E-state index in [0.29, 0.717) is 56.0 Å². The number of fused-ring (bicyclic) bond motifs is 1. The third-order valence-corrected chi connectivity index (χ3v) is 9.87.